The lowest BCUT2D eigenvalue weighted by Crippen LogP contribution is -2.51. The van der Waals surface area contributed by atoms with Crippen LogP contribution in [0, 0.1) is 11.3 Å². The van der Waals surface area contributed by atoms with Crippen LogP contribution in [0.3, 0.4) is 0 Å². The number of carbonyl (C=O) groups is 1. The van der Waals surface area contributed by atoms with Crippen LogP contribution in [-0.4, -0.2) is 42.4 Å². The summed E-state index contributed by atoms with van der Waals surface area (Å²) in [6.07, 6.45) is 9.90. The Balaban J connectivity index is 1.25. The van der Waals surface area contributed by atoms with E-state index in [0.717, 1.165) is 75.7 Å². The number of hydroxylamine groups is 1. The van der Waals surface area contributed by atoms with E-state index in [-0.39, 0.29) is 11.4 Å². The van der Waals surface area contributed by atoms with Crippen molar-refractivity contribution in [3.05, 3.63) is 70.3 Å². The maximum atomic E-state index is 13.5. The Morgan fingerprint density at radius 2 is 1.94 bits per heavy atom. The van der Waals surface area contributed by atoms with Crippen LogP contribution in [0.15, 0.2) is 47.5 Å². The predicted octanol–water partition coefficient (Wildman–Crippen LogP) is 4.22. The van der Waals surface area contributed by atoms with E-state index in [1.807, 2.05) is 37.3 Å². The molecule has 1 saturated carbocycles. The highest BCUT2D eigenvalue weighted by atomic mass is 16.7. The molecule has 1 amide bonds. The quantitative estimate of drug-likeness (QED) is 0.640. The Morgan fingerprint density at radius 1 is 1.14 bits per heavy atom. The number of hydrogen-bond donors (Lipinski definition) is 2. The first-order valence-electron chi connectivity index (χ1n) is 13.1. The van der Waals surface area contributed by atoms with Gasteiger partial charge in [0, 0.05) is 30.7 Å². The number of nitrogens with one attached hydrogen (secondary N) is 2. The van der Waals surface area contributed by atoms with Gasteiger partial charge in [0.05, 0.1) is 11.6 Å². The Morgan fingerprint density at radius 3 is 2.69 bits per heavy atom. The fraction of sp³-hybridized carbons (Fsp3) is 0.483. The summed E-state index contributed by atoms with van der Waals surface area (Å²) in [6, 6.07) is 16.0. The molecule has 0 bridgehead atoms. The molecular formula is C29H35N5O2. The van der Waals surface area contributed by atoms with E-state index in [2.05, 4.69) is 38.9 Å². The average Bonchev–Trinajstić information content (AvgIpc) is 3.26. The van der Waals surface area contributed by atoms with Crippen LogP contribution in [0.4, 0.5) is 0 Å². The molecule has 0 aromatic heterocycles. The van der Waals surface area contributed by atoms with Crippen molar-refractivity contribution in [3.8, 4) is 6.07 Å². The number of amides is 1. The van der Waals surface area contributed by atoms with Crippen LogP contribution in [0.2, 0.25) is 0 Å². The van der Waals surface area contributed by atoms with Crippen LogP contribution in [0.25, 0.3) is 0 Å². The number of nitriles is 1. The van der Waals surface area contributed by atoms with Crippen molar-refractivity contribution in [2.75, 3.05) is 19.6 Å². The van der Waals surface area contributed by atoms with Gasteiger partial charge in [0.25, 0.3) is 5.91 Å². The van der Waals surface area contributed by atoms with Gasteiger partial charge in [-0.1, -0.05) is 37.5 Å². The molecule has 2 aliphatic heterocycles. The van der Waals surface area contributed by atoms with Gasteiger partial charge in [-0.05, 0) is 80.0 Å². The molecule has 7 heteroatoms. The highest BCUT2D eigenvalue weighted by Gasteiger charge is 2.35. The summed E-state index contributed by atoms with van der Waals surface area (Å²) in [5.41, 5.74) is 7.00. The van der Waals surface area contributed by atoms with Gasteiger partial charge in [-0.15, -0.1) is 5.48 Å². The molecule has 0 radical (unpaired) electrons. The van der Waals surface area contributed by atoms with Crippen molar-refractivity contribution in [3.63, 3.8) is 0 Å². The van der Waals surface area contributed by atoms with Crippen LogP contribution in [0.1, 0.15) is 78.1 Å². The van der Waals surface area contributed by atoms with Gasteiger partial charge in [0.1, 0.15) is 0 Å². The van der Waals surface area contributed by atoms with E-state index in [4.69, 9.17) is 4.84 Å². The van der Waals surface area contributed by atoms with Crippen LogP contribution in [-0.2, 0) is 23.3 Å². The first kappa shape index (κ1) is 24.5. The zero-order valence-electron chi connectivity index (χ0n) is 21.1. The zero-order valence-corrected chi connectivity index (χ0v) is 21.1. The summed E-state index contributed by atoms with van der Waals surface area (Å²) >= 11 is 0. The predicted molar refractivity (Wildman–Crippen MR) is 139 cm³/mol. The van der Waals surface area contributed by atoms with Gasteiger partial charge in [0.2, 0.25) is 0 Å². The van der Waals surface area contributed by atoms with Crippen molar-refractivity contribution >= 4 is 12.3 Å². The standard InChI is InChI=1S/C29H35N5O2/c1-28(31-21-36-33-28)26-7-5-6-25(19-26)27(35)32-29(12-3-2-4-13-29)14-17-34-15-10-23-9-8-22(20-30)18-24(23)11-16-34/h5-9,18-19,21,33H,2-4,10-17H2,1H3,(H,32,35). The van der Waals surface area contributed by atoms with Gasteiger partial charge < -0.3 is 15.1 Å². The highest BCUT2D eigenvalue weighted by molar-refractivity contribution is 5.95. The van der Waals surface area contributed by atoms with Gasteiger partial charge in [-0.25, -0.2) is 4.99 Å². The second-order valence-corrected chi connectivity index (χ2v) is 10.6. The van der Waals surface area contributed by atoms with E-state index in [1.54, 1.807) is 0 Å². The van der Waals surface area contributed by atoms with E-state index >= 15 is 0 Å². The average molecular weight is 486 g/mol. The number of aliphatic imine (C=N–C) groups is 1. The van der Waals surface area contributed by atoms with Crippen molar-refractivity contribution in [1.29, 1.82) is 5.26 Å². The molecule has 2 N–H and O–H groups in total. The third kappa shape index (κ3) is 5.30. The van der Waals surface area contributed by atoms with Gasteiger partial charge in [-0.2, -0.15) is 5.26 Å². The number of carbonyl (C=O) groups excluding carboxylic acids is 1. The van der Waals surface area contributed by atoms with Gasteiger partial charge >= 0.3 is 0 Å². The van der Waals surface area contributed by atoms with Crippen LogP contribution < -0.4 is 10.8 Å². The first-order valence-corrected chi connectivity index (χ1v) is 13.1. The number of rotatable bonds is 6. The van der Waals surface area contributed by atoms with E-state index in [9.17, 15) is 10.1 Å². The SMILES string of the molecule is CC1(c2cccc(C(=O)NC3(CCN4CCc5ccc(C#N)cc5CC4)CCCCC3)c2)N=CON1. The second-order valence-electron chi connectivity index (χ2n) is 10.6. The minimum atomic E-state index is -0.683. The molecule has 1 unspecified atom stereocenters. The molecule has 3 aliphatic rings. The Labute approximate surface area is 213 Å². The summed E-state index contributed by atoms with van der Waals surface area (Å²) in [7, 11) is 0. The number of nitrogens with zero attached hydrogens (tertiary/aromatic N) is 3. The molecule has 1 atom stereocenters. The fourth-order valence-electron chi connectivity index (χ4n) is 5.81. The summed E-state index contributed by atoms with van der Waals surface area (Å²) in [4.78, 5) is 25.5. The third-order valence-corrected chi connectivity index (χ3v) is 8.13. The largest absolute Gasteiger partial charge is 0.394 e. The fourth-order valence-corrected chi connectivity index (χ4v) is 5.81. The molecule has 1 fully saturated rings. The van der Waals surface area contributed by atoms with Gasteiger partial charge in [0.15, 0.2) is 12.1 Å². The number of benzene rings is 2. The number of hydrogen-bond acceptors (Lipinski definition) is 6. The lowest BCUT2D eigenvalue weighted by Gasteiger charge is -2.40. The molecule has 2 heterocycles. The second kappa shape index (κ2) is 10.4. The smallest absolute Gasteiger partial charge is 0.251 e. The molecule has 0 saturated heterocycles. The zero-order chi connectivity index (χ0) is 25.0. The Hall–Kier alpha value is -3.21. The first-order chi connectivity index (χ1) is 17.5. The van der Waals surface area contributed by atoms with Crippen molar-refractivity contribution in [1.82, 2.24) is 15.7 Å². The molecule has 2 aromatic carbocycles. The summed E-state index contributed by atoms with van der Waals surface area (Å²) in [6.45, 7) is 4.89. The summed E-state index contributed by atoms with van der Waals surface area (Å²) in [5, 5.41) is 12.7. The lowest BCUT2D eigenvalue weighted by molar-refractivity contribution is 0.0843. The normalized spacial score (nSPS) is 23.2. The maximum Gasteiger partial charge on any atom is 0.251 e. The maximum absolute atomic E-state index is 13.5. The van der Waals surface area contributed by atoms with Crippen molar-refractivity contribution in [2.45, 2.75) is 69.5 Å². The molecule has 5 rings (SSSR count). The van der Waals surface area contributed by atoms with E-state index in [1.165, 1.54) is 23.9 Å². The summed E-state index contributed by atoms with van der Waals surface area (Å²) in [5.74, 6) is -0.0162. The van der Waals surface area contributed by atoms with Crippen LogP contribution in [0.5, 0.6) is 0 Å². The minimum absolute atomic E-state index is 0.0162. The lowest BCUT2D eigenvalue weighted by atomic mass is 9.79. The van der Waals surface area contributed by atoms with Crippen molar-refractivity contribution in [2.24, 2.45) is 4.99 Å². The minimum Gasteiger partial charge on any atom is -0.394 e. The van der Waals surface area contributed by atoms with Crippen LogP contribution >= 0.6 is 0 Å². The molecule has 7 nitrogen and oxygen atoms in total. The van der Waals surface area contributed by atoms with Crippen molar-refractivity contribution < 1.29 is 9.63 Å². The molecule has 36 heavy (non-hydrogen) atoms. The Bertz CT molecular complexity index is 1180. The highest BCUT2D eigenvalue weighted by Crippen LogP contribution is 2.33. The number of fused-ring (bicyclic) bond motifs is 1. The molecule has 1 aliphatic carbocycles. The topological polar surface area (TPSA) is 89.8 Å². The third-order valence-electron chi connectivity index (χ3n) is 8.13. The van der Waals surface area contributed by atoms with Gasteiger partial charge in [-0.3, -0.25) is 4.79 Å². The van der Waals surface area contributed by atoms with E-state index < -0.39 is 5.66 Å². The molecule has 0 spiro atoms. The molecule has 188 valence electrons. The molecular weight excluding hydrogens is 450 g/mol. The molecule has 2 aromatic rings. The Kier molecular flexibility index (Phi) is 7.08. The van der Waals surface area contributed by atoms with E-state index in [0.29, 0.717) is 5.56 Å². The summed E-state index contributed by atoms with van der Waals surface area (Å²) < 4.78 is 0. The monoisotopic (exact) mass is 485 g/mol.